The van der Waals surface area contributed by atoms with Gasteiger partial charge in [-0.15, -0.1) is 0 Å². The highest BCUT2D eigenvalue weighted by atomic mass is 16.7. The maximum atomic E-state index is 9.91. The Morgan fingerprint density at radius 3 is 1.85 bits per heavy atom. The third-order valence-corrected chi connectivity index (χ3v) is 6.82. The lowest BCUT2D eigenvalue weighted by atomic mass is 9.69. The number of unbranched alkanes of at least 4 members (excludes halogenated alkanes) is 7. The molecular formula is C24H43NO2. The zero-order chi connectivity index (χ0) is 19.4. The first kappa shape index (κ1) is 22.7. The second-order valence-corrected chi connectivity index (χ2v) is 9.13. The Bertz CT molecular complexity index is 415. The molecule has 27 heavy (non-hydrogen) atoms. The van der Waals surface area contributed by atoms with E-state index in [1.165, 1.54) is 83.5 Å². The van der Waals surface area contributed by atoms with Crippen LogP contribution >= 0.6 is 0 Å². The van der Waals surface area contributed by atoms with E-state index >= 15 is 0 Å². The summed E-state index contributed by atoms with van der Waals surface area (Å²) in [5.41, 5.74) is -0.397. The Kier molecular flexibility index (Phi) is 10.7. The molecule has 0 aromatic rings. The lowest BCUT2D eigenvalue weighted by molar-refractivity contribution is -0.247. The molecule has 0 bridgehead atoms. The molecule has 3 nitrogen and oxygen atoms in total. The van der Waals surface area contributed by atoms with Crippen LogP contribution in [0.2, 0.25) is 0 Å². The van der Waals surface area contributed by atoms with Crippen molar-refractivity contribution in [1.82, 2.24) is 0 Å². The van der Waals surface area contributed by atoms with Gasteiger partial charge in [-0.1, -0.05) is 78.1 Å². The summed E-state index contributed by atoms with van der Waals surface area (Å²) in [6.45, 7) is 6.08. The van der Waals surface area contributed by atoms with Crippen LogP contribution in [0.4, 0.5) is 0 Å². The van der Waals surface area contributed by atoms with E-state index in [9.17, 15) is 5.26 Å². The van der Waals surface area contributed by atoms with Crippen LogP contribution < -0.4 is 0 Å². The van der Waals surface area contributed by atoms with Crippen molar-refractivity contribution in [2.75, 3.05) is 13.2 Å². The van der Waals surface area contributed by atoms with E-state index in [4.69, 9.17) is 9.47 Å². The van der Waals surface area contributed by atoms with Gasteiger partial charge in [-0.25, -0.2) is 0 Å². The largest absolute Gasteiger partial charge is 0.351 e. The molecular weight excluding hydrogens is 334 g/mol. The average Bonchev–Trinajstić information content (AvgIpc) is 2.72. The van der Waals surface area contributed by atoms with E-state index in [2.05, 4.69) is 19.9 Å². The highest BCUT2D eigenvalue weighted by Crippen LogP contribution is 2.45. The summed E-state index contributed by atoms with van der Waals surface area (Å²) in [5.74, 6) is 1.33. The van der Waals surface area contributed by atoms with E-state index in [1.54, 1.807) is 0 Å². The number of hydrogen-bond acceptors (Lipinski definition) is 3. The quantitative estimate of drug-likeness (QED) is 0.344. The minimum absolute atomic E-state index is 0.292. The predicted octanol–water partition coefficient (Wildman–Crippen LogP) is 7.01. The summed E-state index contributed by atoms with van der Waals surface area (Å²) in [4.78, 5) is 0. The molecule has 1 aliphatic heterocycles. The first-order valence-electron chi connectivity index (χ1n) is 11.9. The summed E-state index contributed by atoms with van der Waals surface area (Å²) >= 11 is 0. The van der Waals surface area contributed by atoms with Crippen LogP contribution in [-0.4, -0.2) is 19.5 Å². The molecule has 2 fully saturated rings. The highest BCUT2D eigenvalue weighted by Gasteiger charge is 2.45. The Hall–Kier alpha value is -0.590. The Morgan fingerprint density at radius 2 is 1.30 bits per heavy atom. The average molecular weight is 378 g/mol. The highest BCUT2D eigenvalue weighted by molar-refractivity contribution is 5.04. The van der Waals surface area contributed by atoms with Crippen molar-refractivity contribution in [3.8, 4) is 6.07 Å². The summed E-state index contributed by atoms with van der Waals surface area (Å²) in [6, 6.07) is 2.62. The summed E-state index contributed by atoms with van der Waals surface area (Å²) in [7, 11) is 0. The summed E-state index contributed by atoms with van der Waals surface area (Å²) in [6.07, 6.45) is 18.5. The van der Waals surface area contributed by atoms with Gasteiger partial charge in [0.1, 0.15) is 5.41 Å². The molecule has 1 saturated heterocycles. The number of ether oxygens (including phenoxy) is 2. The molecule has 1 saturated carbocycles. The van der Waals surface area contributed by atoms with Crippen LogP contribution in [0.15, 0.2) is 0 Å². The number of nitriles is 1. The van der Waals surface area contributed by atoms with Gasteiger partial charge in [0.2, 0.25) is 0 Å². The monoisotopic (exact) mass is 377 g/mol. The molecule has 2 aliphatic rings. The van der Waals surface area contributed by atoms with Crippen LogP contribution in [0.5, 0.6) is 0 Å². The Balaban J connectivity index is 1.67. The van der Waals surface area contributed by atoms with Gasteiger partial charge in [0.25, 0.3) is 0 Å². The van der Waals surface area contributed by atoms with Gasteiger partial charge < -0.3 is 9.47 Å². The zero-order valence-corrected chi connectivity index (χ0v) is 18.0. The third kappa shape index (κ3) is 7.39. The maximum Gasteiger partial charge on any atom is 0.176 e. The Labute approximate surface area is 168 Å². The smallest absolute Gasteiger partial charge is 0.176 e. The minimum atomic E-state index is -0.397. The maximum absolute atomic E-state index is 9.91. The molecule has 0 unspecified atom stereocenters. The number of nitrogens with zero attached hydrogens (tertiary/aromatic N) is 1. The van der Waals surface area contributed by atoms with Crippen LogP contribution in [0.3, 0.4) is 0 Å². The molecule has 1 heterocycles. The fraction of sp³-hybridized carbons (Fsp3) is 0.958. The van der Waals surface area contributed by atoms with Crippen molar-refractivity contribution < 1.29 is 9.47 Å². The summed E-state index contributed by atoms with van der Waals surface area (Å²) < 4.78 is 12.2. The van der Waals surface area contributed by atoms with Crippen molar-refractivity contribution in [2.24, 2.45) is 17.3 Å². The zero-order valence-electron chi connectivity index (χ0n) is 18.0. The van der Waals surface area contributed by atoms with Crippen LogP contribution in [-0.2, 0) is 9.47 Å². The van der Waals surface area contributed by atoms with Crippen LogP contribution in [0.1, 0.15) is 110 Å². The third-order valence-electron chi connectivity index (χ3n) is 6.82. The normalized spacial score (nSPS) is 31.5. The second-order valence-electron chi connectivity index (χ2n) is 9.13. The molecule has 3 heteroatoms. The van der Waals surface area contributed by atoms with Gasteiger partial charge in [0.05, 0.1) is 19.3 Å². The first-order valence-corrected chi connectivity index (χ1v) is 11.9. The molecule has 156 valence electrons. The van der Waals surface area contributed by atoms with Crippen molar-refractivity contribution >= 4 is 0 Å². The van der Waals surface area contributed by atoms with Gasteiger partial charge in [-0.05, 0) is 38.0 Å². The molecule has 0 radical (unpaired) electrons. The lowest BCUT2D eigenvalue weighted by Gasteiger charge is -2.42. The lowest BCUT2D eigenvalue weighted by Crippen LogP contribution is -2.45. The van der Waals surface area contributed by atoms with Crippen molar-refractivity contribution in [2.45, 2.75) is 116 Å². The van der Waals surface area contributed by atoms with E-state index in [1.807, 2.05) is 0 Å². The van der Waals surface area contributed by atoms with Gasteiger partial charge in [0.15, 0.2) is 6.29 Å². The Morgan fingerprint density at radius 1 is 0.778 bits per heavy atom. The molecule has 0 amide bonds. The van der Waals surface area contributed by atoms with Crippen LogP contribution in [0, 0.1) is 28.6 Å². The van der Waals surface area contributed by atoms with Crippen molar-refractivity contribution in [3.05, 3.63) is 0 Å². The number of hydrogen-bond donors (Lipinski definition) is 0. The van der Waals surface area contributed by atoms with Crippen molar-refractivity contribution in [3.63, 3.8) is 0 Å². The van der Waals surface area contributed by atoms with E-state index in [-0.39, 0.29) is 6.29 Å². The molecule has 2 rings (SSSR count). The molecule has 0 spiro atoms. The van der Waals surface area contributed by atoms with Gasteiger partial charge in [0, 0.05) is 5.92 Å². The molecule has 0 aromatic carbocycles. The van der Waals surface area contributed by atoms with Gasteiger partial charge in [-0.2, -0.15) is 5.26 Å². The topological polar surface area (TPSA) is 42.2 Å². The predicted molar refractivity (Wildman–Crippen MR) is 111 cm³/mol. The SMILES string of the molecule is CCCCCCC[C@H]1CC[C@](C#N)(C2OCC(CCCCCC)CO2)CC1. The molecule has 0 N–H and O–H groups in total. The number of rotatable bonds is 12. The fourth-order valence-corrected chi connectivity index (χ4v) is 4.81. The van der Waals surface area contributed by atoms with E-state index in [0.717, 1.165) is 32.0 Å². The van der Waals surface area contributed by atoms with E-state index < -0.39 is 5.41 Å². The van der Waals surface area contributed by atoms with Crippen molar-refractivity contribution in [1.29, 1.82) is 5.26 Å². The molecule has 1 aliphatic carbocycles. The standard InChI is InChI=1S/C24H43NO2/c1-3-5-7-9-11-12-21-14-16-24(20-25,17-15-21)23-26-18-22(19-27-23)13-10-8-6-4-2/h21-23H,3-19H2,1-2H3/t21-,22?,23?,24-. The van der Waals surface area contributed by atoms with E-state index in [0.29, 0.717) is 5.92 Å². The van der Waals surface area contributed by atoms with Crippen LogP contribution in [0.25, 0.3) is 0 Å². The first-order chi connectivity index (χ1) is 13.2. The fourth-order valence-electron chi connectivity index (χ4n) is 4.81. The molecule has 0 aromatic heterocycles. The second kappa shape index (κ2) is 12.8. The van der Waals surface area contributed by atoms with Gasteiger partial charge >= 0.3 is 0 Å². The summed E-state index contributed by atoms with van der Waals surface area (Å²) in [5, 5.41) is 9.91. The minimum Gasteiger partial charge on any atom is -0.351 e. The van der Waals surface area contributed by atoms with Gasteiger partial charge in [-0.3, -0.25) is 0 Å². The molecule has 0 atom stereocenters.